The van der Waals surface area contributed by atoms with Gasteiger partial charge in [-0.1, -0.05) is 12.1 Å². The second-order valence-corrected chi connectivity index (χ2v) is 7.20. The van der Waals surface area contributed by atoms with Crippen molar-refractivity contribution in [2.24, 2.45) is 0 Å². The van der Waals surface area contributed by atoms with Crippen LogP contribution in [-0.4, -0.2) is 29.8 Å². The maximum Gasteiger partial charge on any atom is 0.214 e. The van der Waals surface area contributed by atoms with Crippen molar-refractivity contribution in [3.63, 3.8) is 0 Å². The summed E-state index contributed by atoms with van der Waals surface area (Å²) in [5.41, 5.74) is 2.07. The van der Waals surface area contributed by atoms with Gasteiger partial charge in [-0.25, -0.2) is 18.1 Å². The SMILES string of the molecule is CCn1c(CCNS(=O)(=O)C2CC2)nc2ccccc21. The van der Waals surface area contributed by atoms with Gasteiger partial charge in [0.1, 0.15) is 5.82 Å². The first kappa shape index (κ1) is 13.6. The summed E-state index contributed by atoms with van der Waals surface area (Å²) < 4.78 is 28.4. The van der Waals surface area contributed by atoms with Gasteiger partial charge in [0, 0.05) is 19.5 Å². The van der Waals surface area contributed by atoms with E-state index in [1.165, 1.54) is 0 Å². The summed E-state index contributed by atoms with van der Waals surface area (Å²) in [6, 6.07) is 7.99. The van der Waals surface area contributed by atoms with Crippen LogP contribution in [0, 0.1) is 0 Å². The number of hydrogen-bond acceptors (Lipinski definition) is 3. The third kappa shape index (κ3) is 2.58. The van der Waals surface area contributed by atoms with Crippen LogP contribution in [0.4, 0.5) is 0 Å². The summed E-state index contributed by atoms with van der Waals surface area (Å²) in [6.07, 6.45) is 2.21. The summed E-state index contributed by atoms with van der Waals surface area (Å²) >= 11 is 0. The molecule has 1 aromatic heterocycles. The Bertz CT molecular complexity index is 717. The minimum Gasteiger partial charge on any atom is -0.328 e. The highest BCUT2D eigenvalue weighted by atomic mass is 32.2. The number of imidazole rings is 1. The zero-order valence-corrected chi connectivity index (χ0v) is 12.4. The Morgan fingerprint density at radius 3 is 2.80 bits per heavy atom. The molecule has 1 aliphatic carbocycles. The average molecular weight is 293 g/mol. The van der Waals surface area contributed by atoms with Crippen LogP contribution in [0.3, 0.4) is 0 Å². The predicted octanol–water partition coefficient (Wildman–Crippen LogP) is 1.68. The summed E-state index contributed by atoms with van der Waals surface area (Å²) in [5.74, 6) is 0.937. The molecule has 1 N–H and O–H groups in total. The quantitative estimate of drug-likeness (QED) is 0.881. The van der Waals surface area contributed by atoms with Crippen LogP contribution >= 0.6 is 0 Å². The van der Waals surface area contributed by atoms with Gasteiger partial charge >= 0.3 is 0 Å². The highest BCUT2D eigenvalue weighted by Gasteiger charge is 2.35. The van der Waals surface area contributed by atoms with Crippen molar-refractivity contribution in [3.05, 3.63) is 30.1 Å². The van der Waals surface area contributed by atoms with Crippen molar-refractivity contribution >= 4 is 21.1 Å². The summed E-state index contributed by atoms with van der Waals surface area (Å²) in [6.45, 7) is 3.33. The standard InChI is InChI=1S/C14H19N3O2S/c1-2-17-13-6-4-3-5-12(13)16-14(17)9-10-15-20(18,19)11-7-8-11/h3-6,11,15H,2,7-10H2,1H3. The molecule has 20 heavy (non-hydrogen) atoms. The number of fused-ring (bicyclic) bond motifs is 1. The Kier molecular flexibility index (Phi) is 3.52. The molecule has 0 bridgehead atoms. The fourth-order valence-corrected chi connectivity index (χ4v) is 3.85. The molecule has 1 saturated carbocycles. The molecule has 0 saturated heterocycles. The van der Waals surface area contributed by atoms with E-state index in [1.807, 2.05) is 24.3 Å². The highest BCUT2D eigenvalue weighted by molar-refractivity contribution is 7.90. The number of nitrogens with one attached hydrogen (secondary N) is 1. The van der Waals surface area contributed by atoms with Crippen LogP contribution < -0.4 is 4.72 Å². The van der Waals surface area contributed by atoms with Crippen molar-refractivity contribution in [1.29, 1.82) is 0 Å². The number of para-hydroxylation sites is 2. The average Bonchev–Trinajstić information content (AvgIpc) is 3.21. The molecule has 5 nitrogen and oxygen atoms in total. The zero-order chi connectivity index (χ0) is 14.2. The molecule has 0 spiro atoms. The smallest absolute Gasteiger partial charge is 0.214 e. The summed E-state index contributed by atoms with van der Waals surface area (Å²) in [4.78, 5) is 4.59. The van der Waals surface area contributed by atoms with Crippen LogP contribution in [0.2, 0.25) is 0 Å². The van der Waals surface area contributed by atoms with E-state index in [0.717, 1.165) is 36.2 Å². The lowest BCUT2D eigenvalue weighted by Crippen LogP contribution is -2.29. The van der Waals surface area contributed by atoms with Crippen LogP contribution in [0.5, 0.6) is 0 Å². The van der Waals surface area contributed by atoms with Gasteiger partial charge < -0.3 is 4.57 Å². The molecular weight excluding hydrogens is 274 g/mol. The van der Waals surface area contributed by atoms with E-state index >= 15 is 0 Å². The molecule has 1 heterocycles. The maximum absolute atomic E-state index is 11.8. The third-order valence-electron chi connectivity index (χ3n) is 3.66. The molecule has 108 valence electrons. The number of aryl methyl sites for hydroxylation is 1. The normalized spacial score (nSPS) is 15.8. The molecular formula is C14H19N3O2S. The second-order valence-electron chi connectivity index (χ2n) is 5.15. The van der Waals surface area contributed by atoms with Gasteiger partial charge in [-0.05, 0) is 31.9 Å². The fraction of sp³-hybridized carbons (Fsp3) is 0.500. The first-order chi connectivity index (χ1) is 9.62. The molecule has 0 radical (unpaired) electrons. The lowest BCUT2D eigenvalue weighted by molar-refractivity contribution is 0.578. The first-order valence-corrected chi connectivity index (χ1v) is 8.59. The van der Waals surface area contributed by atoms with Crippen LogP contribution in [0.1, 0.15) is 25.6 Å². The lowest BCUT2D eigenvalue weighted by Gasteiger charge is -2.07. The molecule has 0 aliphatic heterocycles. The molecule has 1 aliphatic rings. The monoisotopic (exact) mass is 293 g/mol. The van der Waals surface area contributed by atoms with E-state index in [9.17, 15) is 8.42 Å². The van der Waals surface area contributed by atoms with Gasteiger partial charge in [-0.15, -0.1) is 0 Å². The molecule has 0 amide bonds. The number of hydrogen-bond donors (Lipinski definition) is 1. The molecule has 3 rings (SSSR count). The lowest BCUT2D eigenvalue weighted by atomic mass is 10.3. The highest BCUT2D eigenvalue weighted by Crippen LogP contribution is 2.27. The topological polar surface area (TPSA) is 64.0 Å². The summed E-state index contributed by atoms with van der Waals surface area (Å²) in [7, 11) is -3.09. The third-order valence-corrected chi connectivity index (χ3v) is 5.62. The predicted molar refractivity (Wildman–Crippen MR) is 79.1 cm³/mol. The van der Waals surface area contributed by atoms with E-state index in [-0.39, 0.29) is 5.25 Å². The fourth-order valence-electron chi connectivity index (χ4n) is 2.47. The minimum atomic E-state index is -3.09. The van der Waals surface area contributed by atoms with Gasteiger partial charge in [-0.2, -0.15) is 0 Å². The van der Waals surface area contributed by atoms with Crippen LogP contribution in [0.15, 0.2) is 24.3 Å². The van der Waals surface area contributed by atoms with E-state index in [1.54, 1.807) is 0 Å². The maximum atomic E-state index is 11.8. The van der Waals surface area contributed by atoms with Gasteiger partial charge in [-0.3, -0.25) is 0 Å². The second kappa shape index (κ2) is 5.18. The molecule has 2 aromatic rings. The zero-order valence-electron chi connectivity index (χ0n) is 11.5. The van der Waals surface area contributed by atoms with Crippen LogP contribution in [0.25, 0.3) is 11.0 Å². The van der Waals surface area contributed by atoms with Gasteiger partial charge in [0.05, 0.1) is 16.3 Å². The molecule has 0 unspecified atom stereocenters. The first-order valence-electron chi connectivity index (χ1n) is 7.04. The molecule has 0 atom stereocenters. The van der Waals surface area contributed by atoms with Crippen molar-refractivity contribution in [3.8, 4) is 0 Å². The Labute approximate surface area is 119 Å². The van der Waals surface area contributed by atoms with E-state index in [2.05, 4.69) is 21.2 Å². The number of rotatable bonds is 6. The number of aromatic nitrogens is 2. The van der Waals surface area contributed by atoms with Gasteiger partial charge in [0.25, 0.3) is 0 Å². The Morgan fingerprint density at radius 1 is 1.35 bits per heavy atom. The van der Waals surface area contributed by atoms with Crippen LogP contribution in [-0.2, 0) is 23.0 Å². The number of sulfonamides is 1. The van der Waals surface area contributed by atoms with Crippen molar-refractivity contribution in [1.82, 2.24) is 14.3 Å². The molecule has 6 heteroatoms. The molecule has 1 aromatic carbocycles. The largest absolute Gasteiger partial charge is 0.328 e. The van der Waals surface area contributed by atoms with Crippen molar-refractivity contribution in [2.45, 2.75) is 38.0 Å². The Hall–Kier alpha value is -1.40. The summed E-state index contributed by atoms with van der Waals surface area (Å²) in [5, 5.41) is -0.160. The van der Waals surface area contributed by atoms with Gasteiger partial charge in [0.2, 0.25) is 10.0 Å². The van der Waals surface area contributed by atoms with Crippen molar-refractivity contribution in [2.75, 3.05) is 6.54 Å². The van der Waals surface area contributed by atoms with E-state index in [0.29, 0.717) is 13.0 Å². The number of benzene rings is 1. The van der Waals surface area contributed by atoms with E-state index in [4.69, 9.17) is 0 Å². The number of nitrogens with zero attached hydrogens (tertiary/aromatic N) is 2. The van der Waals surface area contributed by atoms with Gasteiger partial charge in [0.15, 0.2) is 0 Å². The van der Waals surface area contributed by atoms with Crippen molar-refractivity contribution < 1.29 is 8.42 Å². The Balaban J connectivity index is 1.74. The van der Waals surface area contributed by atoms with E-state index < -0.39 is 10.0 Å². The Morgan fingerprint density at radius 2 is 2.10 bits per heavy atom. The molecule has 1 fully saturated rings. The minimum absolute atomic E-state index is 0.160.